The van der Waals surface area contributed by atoms with Gasteiger partial charge in [-0.1, -0.05) is 6.07 Å². The van der Waals surface area contributed by atoms with Crippen molar-refractivity contribution in [1.82, 2.24) is 30.1 Å². The minimum absolute atomic E-state index is 0.350. The average Bonchev–Trinajstić information content (AvgIpc) is 3.30. The highest BCUT2D eigenvalue weighted by Gasteiger charge is 2.14. The van der Waals surface area contributed by atoms with Gasteiger partial charge in [-0.05, 0) is 43.7 Å². The van der Waals surface area contributed by atoms with Gasteiger partial charge in [0.05, 0.1) is 28.4 Å². The lowest BCUT2D eigenvalue weighted by Crippen LogP contribution is -2.09. The molecule has 0 aliphatic carbocycles. The predicted molar refractivity (Wildman–Crippen MR) is 111 cm³/mol. The van der Waals surface area contributed by atoms with Crippen LogP contribution in [0.1, 0.15) is 13.8 Å². The van der Waals surface area contributed by atoms with Crippen LogP contribution in [0, 0.1) is 0 Å². The van der Waals surface area contributed by atoms with Gasteiger partial charge in [0, 0.05) is 35.6 Å². The second kappa shape index (κ2) is 6.45. The number of aromatic nitrogens is 6. The lowest BCUT2D eigenvalue weighted by molar-refractivity contribution is 0.898. The molecule has 7 nitrogen and oxygen atoms in total. The van der Waals surface area contributed by atoms with E-state index in [0.717, 1.165) is 50.3 Å². The SMILES string of the molecule is CC(C)Nc1cncc(-c2ccc3[nH]nc(-c4nc5ccncc5[nH]4)c3c2)c1. The average molecular weight is 369 g/mol. The van der Waals surface area contributed by atoms with Gasteiger partial charge in [0.2, 0.25) is 0 Å². The Balaban J connectivity index is 1.60. The summed E-state index contributed by atoms with van der Waals surface area (Å²) in [5, 5.41) is 12.0. The zero-order valence-corrected chi connectivity index (χ0v) is 15.6. The fourth-order valence-electron chi connectivity index (χ4n) is 3.35. The van der Waals surface area contributed by atoms with Crippen LogP contribution in [0.3, 0.4) is 0 Å². The normalized spacial score (nSPS) is 11.5. The first-order valence-corrected chi connectivity index (χ1v) is 9.17. The van der Waals surface area contributed by atoms with Gasteiger partial charge >= 0.3 is 0 Å². The third kappa shape index (κ3) is 2.87. The molecule has 28 heavy (non-hydrogen) atoms. The van der Waals surface area contributed by atoms with Crippen LogP contribution >= 0.6 is 0 Å². The molecule has 0 saturated heterocycles. The largest absolute Gasteiger partial charge is 0.382 e. The molecule has 0 saturated carbocycles. The summed E-state index contributed by atoms with van der Waals surface area (Å²) < 4.78 is 0. The van der Waals surface area contributed by atoms with Gasteiger partial charge in [0.25, 0.3) is 0 Å². The molecule has 4 heterocycles. The molecule has 0 unspecified atom stereocenters. The highest BCUT2D eigenvalue weighted by Crippen LogP contribution is 2.30. The van der Waals surface area contributed by atoms with Crippen LogP contribution in [0.2, 0.25) is 0 Å². The molecule has 7 heteroatoms. The monoisotopic (exact) mass is 369 g/mol. The first-order chi connectivity index (χ1) is 13.7. The summed E-state index contributed by atoms with van der Waals surface area (Å²) in [7, 11) is 0. The Morgan fingerprint density at radius 2 is 1.86 bits per heavy atom. The molecule has 0 amide bonds. The van der Waals surface area contributed by atoms with E-state index in [2.05, 4.69) is 67.5 Å². The first kappa shape index (κ1) is 16.4. The Kier molecular flexibility index (Phi) is 3.79. The lowest BCUT2D eigenvalue weighted by atomic mass is 10.0. The zero-order chi connectivity index (χ0) is 19.1. The Labute approximate surface area is 161 Å². The van der Waals surface area contributed by atoms with Crippen molar-refractivity contribution in [2.75, 3.05) is 5.32 Å². The highest BCUT2D eigenvalue weighted by molar-refractivity contribution is 5.95. The fraction of sp³-hybridized carbons (Fsp3) is 0.143. The number of hydrogen-bond donors (Lipinski definition) is 3. The molecular weight excluding hydrogens is 350 g/mol. The quantitative estimate of drug-likeness (QED) is 0.437. The number of fused-ring (bicyclic) bond motifs is 2. The van der Waals surface area contributed by atoms with Crippen molar-refractivity contribution >= 4 is 27.6 Å². The van der Waals surface area contributed by atoms with Crippen LogP contribution < -0.4 is 5.32 Å². The van der Waals surface area contributed by atoms with Crippen LogP contribution in [0.25, 0.3) is 44.6 Å². The fourth-order valence-corrected chi connectivity index (χ4v) is 3.35. The van der Waals surface area contributed by atoms with Crippen molar-refractivity contribution in [2.45, 2.75) is 19.9 Å². The summed E-state index contributed by atoms with van der Waals surface area (Å²) in [5.74, 6) is 0.722. The van der Waals surface area contributed by atoms with Gasteiger partial charge in [-0.3, -0.25) is 15.1 Å². The number of aromatic amines is 2. The Morgan fingerprint density at radius 3 is 2.71 bits per heavy atom. The van der Waals surface area contributed by atoms with Gasteiger partial charge in [-0.15, -0.1) is 0 Å². The van der Waals surface area contributed by atoms with Crippen molar-refractivity contribution in [3.63, 3.8) is 0 Å². The van der Waals surface area contributed by atoms with E-state index in [-0.39, 0.29) is 0 Å². The van der Waals surface area contributed by atoms with Crippen molar-refractivity contribution in [3.05, 3.63) is 55.1 Å². The molecule has 0 radical (unpaired) electrons. The summed E-state index contributed by atoms with van der Waals surface area (Å²) in [4.78, 5) is 16.5. The maximum atomic E-state index is 4.65. The Morgan fingerprint density at radius 1 is 0.929 bits per heavy atom. The van der Waals surface area contributed by atoms with E-state index in [1.54, 1.807) is 12.4 Å². The van der Waals surface area contributed by atoms with Crippen LogP contribution in [0.4, 0.5) is 5.69 Å². The van der Waals surface area contributed by atoms with Gasteiger partial charge < -0.3 is 10.3 Å². The summed E-state index contributed by atoms with van der Waals surface area (Å²) in [6, 6.07) is 10.6. The number of nitrogens with one attached hydrogen (secondary N) is 3. The molecular formula is C21H19N7. The van der Waals surface area contributed by atoms with Crippen LogP contribution in [0.5, 0.6) is 0 Å². The molecule has 5 rings (SSSR count). The number of nitrogens with zero attached hydrogens (tertiary/aromatic N) is 4. The summed E-state index contributed by atoms with van der Waals surface area (Å²) in [5.41, 5.74) is 6.64. The molecule has 0 aliphatic rings. The third-order valence-electron chi connectivity index (χ3n) is 4.60. The van der Waals surface area contributed by atoms with Crippen LogP contribution in [0.15, 0.2) is 55.1 Å². The molecule has 0 bridgehead atoms. The smallest absolute Gasteiger partial charge is 0.159 e. The molecule has 3 N–H and O–H groups in total. The highest BCUT2D eigenvalue weighted by atomic mass is 15.1. The molecule has 1 aromatic carbocycles. The molecule has 0 aliphatic heterocycles. The van der Waals surface area contributed by atoms with E-state index in [1.807, 2.05) is 24.5 Å². The van der Waals surface area contributed by atoms with Gasteiger partial charge in [-0.25, -0.2) is 4.98 Å². The van der Waals surface area contributed by atoms with Crippen LogP contribution in [-0.2, 0) is 0 Å². The zero-order valence-electron chi connectivity index (χ0n) is 15.6. The summed E-state index contributed by atoms with van der Waals surface area (Å²) in [6.45, 7) is 4.22. The van der Waals surface area contributed by atoms with Gasteiger partial charge in [0.15, 0.2) is 5.82 Å². The number of benzene rings is 1. The maximum Gasteiger partial charge on any atom is 0.159 e. The van der Waals surface area contributed by atoms with Crippen LogP contribution in [-0.4, -0.2) is 36.2 Å². The Hall–Kier alpha value is -3.74. The molecule has 0 spiro atoms. The standard InChI is InChI=1S/C21H19N7/c1-12(2)24-15-7-14(9-23-10-15)13-3-4-17-16(8-13)20(28-27-17)21-25-18-5-6-22-11-19(18)26-21/h3-12,24H,1-2H3,(H,25,26)(H,27,28). The van der Waals surface area contributed by atoms with E-state index in [9.17, 15) is 0 Å². The second-order valence-corrected chi connectivity index (χ2v) is 7.07. The summed E-state index contributed by atoms with van der Waals surface area (Å²) >= 11 is 0. The van der Waals surface area contributed by atoms with E-state index in [0.29, 0.717) is 6.04 Å². The third-order valence-corrected chi connectivity index (χ3v) is 4.60. The molecule has 0 fully saturated rings. The van der Waals surface area contributed by atoms with E-state index < -0.39 is 0 Å². The van der Waals surface area contributed by atoms with Crippen molar-refractivity contribution < 1.29 is 0 Å². The van der Waals surface area contributed by atoms with Crippen molar-refractivity contribution in [2.24, 2.45) is 0 Å². The predicted octanol–water partition coefficient (Wildman–Crippen LogP) is 4.38. The first-order valence-electron chi connectivity index (χ1n) is 9.17. The topological polar surface area (TPSA) is 95.2 Å². The maximum absolute atomic E-state index is 4.65. The molecule has 5 aromatic rings. The number of hydrogen-bond acceptors (Lipinski definition) is 5. The number of anilines is 1. The van der Waals surface area contributed by atoms with E-state index in [4.69, 9.17) is 0 Å². The van der Waals surface area contributed by atoms with Crippen molar-refractivity contribution in [3.8, 4) is 22.6 Å². The lowest BCUT2D eigenvalue weighted by Gasteiger charge is -2.11. The van der Waals surface area contributed by atoms with E-state index >= 15 is 0 Å². The Bertz CT molecular complexity index is 1250. The molecule has 4 aromatic heterocycles. The van der Waals surface area contributed by atoms with Crippen molar-refractivity contribution in [1.29, 1.82) is 0 Å². The minimum atomic E-state index is 0.350. The molecule has 138 valence electrons. The number of imidazole rings is 1. The number of H-pyrrole nitrogens is 2. The van der Waals surface area contributed by atoms with E-state index in [1.165, 1.54) is 0 Å². The number of rotatable bonds is 4. The number of pyridine rings is 2. The molecule has 0 atom stereocenters. The van der Waals surface area contributed by atoms with Gasteiger partial charge in [-0.2, -0.15) is 5.10 Å². The second-order valence-electron chi connectivity index (χ2n) is 7.07. The minimum Gasteiger partial charge on any atom is -0.382 e. The summed E-state index contributed by atoms with van der Waals surface area (Å²) in [6.07, 6.45) is 7.22. The van der Waals surface area contributed by atoms with Gasteiger partial charge in [0.1, 0.15) is 5.69 Å².